The van der Waals surface area contributed by atoms with E-state index in [9.17, 15) is 5.11 Å². The van der Waals surface area contributed by atoms with Crippen LogP contribution in [0, 0.1) is 11.3 Å². The largest absolute Gasteiger partial charge is 0.497 e. The second-order valence-corrected chi connectivity index (χ2v) is 6.86. The van der Waals surface area contributed by atoms with Crippen LogP contribution in [0.4, 0.5) is 0 Å². The summed E-state index contributed by atoms with van der Waals surface area (Å²) in [6.07, 6.45) is 1.48. The number of aliphatic hydroxyl groups is 1. The molecule has 1 saturated heterocycles. The number of hydrogen-bond acceptors (Lipinski definition) is 6. The smallest absolute Gasteiger partial charge is 0.127 e. The van der Waals surface area contributed by atoms with E-state index < -0.39 is 6.10 Å². The van der Waals surface area contributed by atoms with Crippen molar-refractivity contribution in [3.8, 4) is 23.3 Å². The zero-order chi connectivity index (χ0) is 19.9. The molecule has 6 heteroatoms. The number of β-amino-alcohol motifs (C(OH)–C–C–N with tert-alkyl or cyclic N) is 1. The second kappa shape index (κ2) is 9.45. The topological polar surface area (TPSA) is 75.0 Å². The Labute approximate surface area is 165 Å². The van der Waals surface area contributed by atoms with Crippen LogP contribution in [0.1, 0.15) is 30.0 Å². The number of hydrogen-bond donors (Lipinski definition) is 1. The van der Waals surface area contributed by atoms with Gasteiger partial charge < -0.3 is 19.3 Å². The molecule has 0 aromatic heterocycles. The summed E-state index contributed by atoms with van der Waals surface area (Å²) in [7, 11) is 3.30. The quantitative estimate of drug-likeness (QED) is 0.756. The van der Waals surface area contributed by atoms with Crippen LogP contribution >= 0.6 is 0 Å². The highest BCUT2D eigenvalue weighted by Gasteiger charge is 2.30. The summed E-state index contributed by atoms with van der Waals surface area (Å²) in [4.78, 5) is 2.27. The van der Waals surface area contributed by atoms with E-state index >= 15 is 0 Å². The molecule has 0 radical (unpaired) electrons. The van der Waals surface area contributed by atoms with Gasteiger partial charge in [0.25, 0.3) is 0 Å². The Morgan fingerprint density at radius 1 is 1.14 bits per heavy atom. The minimum Gasteiger partial charge on any atom is -0.497 e. The van der Waals surface area contributed by atoms with Crippen LogP contribution in [0.15, 0.2) is 42.5 Å². The molecule has 3 rings (SSSR count). The van der Waals surface area contributed by atoms with Crippen molar-refractivity contribution in [2.24, 2.45) is 0 Å². The summed E-state index contributed by atoms with van der Waals surface area (Å²) in [6, 6.07) is 15.0. The third-order valence-corrected chi connectivity index (χ3v) is 5.03. The normalized spacial score (nSPS) is 17.7. The first-order chi connectivity index (χ1) is 13.6. The second-order valence-electron chi connectivity index (χ2n) is 6.86. The molecule has 1 aliphatic heterocycles. The van der Waals surface area contributed by atoms with Gasteiger partial charge in [-0.25, -0.2) is 0 Å². The number of nitrogens with zero attached hydrogens (tertiary/aromatic N) is 2. The van der Waals surface area contributed by atoms with Crippen LogP contribution in [0.3, 0.4) is 0 Å². The molecule has 148 valence electrons. The molecule has 0 unspecified atom stereocenters. The van der Waals surface area contributed by atoms with E-state index in [-0.39, 0.29) is 12.6 Å². The summed E-state index contributed by atoms with van der Waals surface area (Å²) in [5, 5.41) is 19.3. The predicted octanol–water partition coefficient (Wildman–Crippen LogP) is 3.15. The highest BCUT2D eigenvalue weighted by molar-refractivity contribution is 5.43. The van der Waals surface area contributed by atoms with E-state index in [1.165, 1.54) is 0 Å². The van der Waals surface area contributed by atoms with Crippen LogP contribution in [0.5, 0.6) is 17.2 Å². The minimum atomic E-state index is -0.611. The highest BCUT2D eigenvalue weighted by Crippen LogP contribution is 2.38. The van der Waals surface area contributed by atoms with Gasteiger partial charge in [0.05, 0.1) is 25.9 Å². The molecular weight excluding hydrogens is 356 g/mol. The molecule has 1 heterocycles. The Balaban J connectivity index is 1.60. The predicted molar refractivity (Wildman–Crippen MR) is 106 cm³/mol. The summed E-state index contributed by atoms with van der Waals surface area (Å²) < 4.78 is 16.5. The van der Waals surface area contributed by atoms with Crippen LogP contribution < -0.4 is 14.2 Å². The lowest BCUT2D eigenvalue weighted by Crippen LogP contribution is -2.35. The van der Waals surface area contributed by atoms with Crippen molar-refractivity contribution in [3.63, 3.8) is 0 Å². The van der Waals surface area contributed by atoms with Crippen molar-refractivity contribution in [1.29, 1.82) is 5.26 Å². The lowest BCUT2D eigenvalue weighted by atomic mass is 10.0. The van der Waals surface area contributed by atoms with E-state index in [0.717, 1.165) is 36.4 Å². The summed E-state index contributed by atoms with van der Waals surface area (Å²) in [6.45, 7) is 1.65. The Bertz CT molecular complexity index is 816. The van der Waals surface area contributed by atoms with Gasteiger partial charge in [-0.15, -0.1) is 0 Å². The van der Waals surface area contributed by atoms with Gasteiger partial charge in [-0.3, -0.25) is 4.90 Å². The molecule has 2 atom stereocenters. The molecule has 1 fully saturated rings. The maximum Gasteiger partial charge on any atom is 0.127 e. The first-order valence-electron chi connectivity index (χ1n) is 9.41. The van der Waals surface area contributed by atoms with Gasteiger partial charge in [0.1, 0.15) is 30.0 Å². The SMILES string of the molecule is COc1ccc([C@H]2CCCN2C[C@@H](O)COc2ccc(C#N)cc2)c(OC)c1. The monoisotopic (exact) mass is 382 g/mol. The van der Waals surface area contributed by atoms with Gasteiger partial charge in [0.2, 0.25) is 0 Å². The van der Waals surface area contributed by atoms with Crippen molar-refractivity contribution in [1.82, 2.24) is 4.90 Å². The molecule has 1 N–H and O–H groups in total. The zero-order valence-corrected chi connectivity index (χ0v) is 16.3. The lowest BCUT2D eigenvalue weighted by molar-refractivity contribution is 0.0635. The lowest BCUT2D eigenvalue weighted by Gasteiger charge is -2.28. The van der Waals surface area contributed by atoms with Crippen LogP contribution in [-0.2, 0) is 0 Å². The van der Waals surface area contributed by atoms with Gasteiger partial charge in [0.15, 0.2) is 0 Å². The van der Waals surface area contributed by atoms with Gasteiger partial charge in [-0.2, -0.15) is 5.26 Å². The molecule has 0 aliphatic carbocycles. The fourth-order valence-electron chi connectivity index (χ4n) is 3.63. The average Bonchev–Trinajstić information content (AvgIpc) is 3.19. The molecule has 0 spiro atoms. The van der Waals surface area contributed by atoms with Crippen molar-refractivity contribution in [2.75, 3.05) is 33.9 Å². The van der Waals surface area contributed by atoms with Gasteiger partial charge in [-0.1, -0.05) is 6.07 Å². The molecule has 0 bridgehead atoms. The average molecular weight is 382 g/mol. The minimum absolute atomic E-state index is 0.199. The first-order valence-corrected chi connectivity index (χ1v) is 9.41. The Hall–Kier alpha value is -2.75. The number of methoxy groups -OCH3 is 2. The van der Waals surface area contributed by atoms with Crippen LogP contribution in [0.2, 0.25) is 0 Å². The number of ether oxygens (including phenoxy) is 3. The van der Waals surface area contributed by atoms with E-state index in [0.29, 0.717) is 17.9 Å². The maximum atomic E-state index is 10.5. The molecule has 28 heavy (non-hydrogen) atoms. The number of rotatable bonds is 8. The first kappa shape index (κ1) is 20.0. The Kier molecular flexibility index (Phi) is 6.75. The standard InChI is InChI=1S/C22H26N2O4/c1-26-19-9-10-20(22(12-19)27-2)21-4-3-11-24(21)14-17(25)15-28-18-7-5-16(13-23)6-8-18/h5-10,12,17,21,25H,3-4,11,14-15H2,1-2H3/t17-,21-/m1/s1. The number of benzene rings is 2. The summed E-state index contributed by atoms with van der Waals surface area (Å²) in [5.41, 5.74) is 1.70. The molecule has 2 aromatic rings. The third kappa shape index (κ3) is 4.75. The van der Waals surface area contributed by atoms with E-state index in [2.05, 4.69) is 11.0 Å². The van der Waals surface area contributed by atoms with E-state index in [1.54, 1.807) is 38.5 Å². The number of likely N-dealkylation sites (tertiary alicyclic amines) is 1. The van der Waals surface area contributed by atoms with Crippen LogP contribution in [0.25, 0.3) is 0 Å². The molecule has 1 aliphatic rings. The van der Waals surface area contributed by atoms with Crippen molar-refractivity contribution >= 4 is 0 Å². The number of aliphatic hydroxyl groups excluding tert-OH is 1. The molecule has 0 amide bonds. The summed E-state index contributed by atoms with van der Waals surface area (Å²) >= 11 is 0. The van der Waals surface area contributed by atoms with Gasteiger partial charge >= 0.3 is 0 Å². The van der Waals surface area contributed by atoms with Gasteiger partial charge in [0, 0.05) is 24.2 Å². The Morgan fingerprint density at radius 3 is 2.57 bits per heavy atom. The zero-order valence-electron chi connectivity index (χ0n) is 16.3. The molecular formula is C22H26N2O4. The fourth-order valence-corrected chi connectivity index (χ4v) is 3.63. The van der Waals surface area contributed by atoms with E-state index in [1.807, 2.05) is 18.2 Å². The van der Waals surface area contributed by atoms with Crippen LogP contribution in [-0.4, -0.2) is 50.0 Å². The fraction of sp³-hybridized carbons (Fsp3) is 0.409. The van der Waals surface area contributed by atoms with Crippen molar-refractivity contribution in [2.45, 2.75) is 25.0 Å². The maximum absolute atomic E-state index is 10.5. The Morgan fingerprint density at radius 2 is 1.89 bits per heavy atom. The molecule has 0 saturated carbocycles. The van der Waals surface area contributed by atoms with Crippen molar-refractivity contribution in [3.05, 3.63) is 53.6 Å². The van der Waals surface area contributed by atoms with Crippen molar-refractivity contribution < 1.29 is 19.3 Å². The summed E-state index contributed by atoms with van der Waals surface area (Å²) in [5.74, 6) is 2.22. The third-order valence-electron chi connectivity index (χ3n) is 5.03. The number of nitriles is 1. The molecule has 2 aromatic carbocycles. The van der Waals surface area contributed by atoms with Gasteiger partial charge in [-0.05, 0) is 49.7 Å². The van der Waals surface area contributed by atoms with E-state index in [4.69, 9.17) is 19.5 Å². The molecule has 6 nitrogen and oxygen atoms in total. The highest BCUT2D eigenvalue weighted by atomic mass is 16.5.